The maximum absolute atomic E-state index is 13.0. The number of rotatable bonds is 13. The second-order valence-corrected chi connectivity index (χ2v) is 25.0. The Morgan fingerprint density at radius 1 is 0.615 bits per heavy atom. The van der Waals surface area contributed by atoms with Crippen LogP contribution in [-0.4, -0.2) is 120 Å². The lowest BCUT2D eigenvalue weighted by Crippen LogP contribution is -2.32. The molecule has 18 heteroatoms. The molecule has 15 nitrogen and oxygen atoms in total. The minimum absolute atomic E-state index is 0.00136. The summed E-state index contributed by atoms with van der Waals surface area (Å²) in [4.78, 5) is 29.1. The molecule has 4 heterocycles. The van der Waals surface area contributed by atoms with Gasteiger partial charge in [-0.1, -0.05) is 52.0 Å². The molecule has 0 fully saturated rings. The molecule has 0 saturated carbocycles. The van der Waals surface area contributed by atoms with Gasteiger partial charge in [0.25, 0.3) is 0 Å². The second kappa shape index (κ2) is 23.0. The lowest BCUT2D eigenvalue weighted by atomic mass is 9.76. The summed E-state index contributed by atoms with van der Waals surface area (Å²) >= 11 is 0. The van der Waals surface area contributed by atoms with Crippen LogP contribution in [0.25, 0.3) is 22.3 Å². The molecule has 4 aliphatic rings. The number of ether oxygens (including phenoxy) is 5. The Morgan fingerprint density at radius 3 is 1.49 bits per heavy atom. The summed E-state index contributed by atoms with van der Waals surface area (Å²) in [6, 6.07) is 22.3. The van der Waals surface area contributed by atoms with E-state index in [1.54, 1.807) is 24.3 Å². The van der Waals surface area contributed by atoms with Crippen LogP contribution in [-0.2, 0) is 61.7 Å². The van der Waals surface area contributed by atoms with Gasteiger partial charge < -0.3 is 43.3 Å². The third kappa shape index (κ3) is 13.1. The van der Waals surface area contributed by atoms with Crippen molar-refractivity contribution in [3.8, 4) is 51.0 Å². The van der Waals surface area contributed by atoms with Gasteiger partial charge in [0.2, 0.25) is 0 Å². The quantitative estimate of drug-likeness (QED) is 0.108. The monoisotopic (exact) mass is 1090 g/mol. The van der Waals surface area contributed by atoms with E-state index in [2.05, 4.69) is 59.4 Å². The van der Waals surface area contributed by atoms with Crippen LogP contribution >= 0.6 is 0 Å². The van der Waals surface area contributed by atoms with Gasteiger partial charge in [-0.05, 0) is 148 Å². The Bertz CT molecular complexity index is 3280. The number of halogens is 2. The van der Waals surface area contributed by atoms with Gasteiger partial charge >= 0.3 is 6.61 Å². The molecular weight excluding hydrogens is 1010 g/mol. The first-order chi connectivity index (χ1) is 37.0. The number of fused-ring (bicyclic) bond motifs is 4. The van der Waals surface area contributed by atoms with Gasteiger partial charge in [0.05, 0.1) is 40.4 Å². The number of hydrogen-bond acceptors (Lipinski definition) is 15. The third-order valence-corrected chi connectivity index (χ3v) is 15.9. The van der Waals surface area contributed by atoms with Crippen molar-refractivity contribution in [2.45, 2.75) is 104 Å². The number of hydrogen-bond donors (Lipinski definition) is 0. The number of aromatic nitrogens is 4. The molecule has 2 aromatic heterocycles. The minimum atomic E-state index is -3.45. The predicted octanol–water partition coefficient (Wildman–Crippen LogP) is 10.3. The van der Waals surface area contributed by atoms with Crippen molar-refractivity contribution in [1.82, 2.24) is 29.7 Å². The van der Waals surface area contributed by atoms with Crippen LogP contribution in [0.4, 0.5) is 20.4 Å². The molecule has 0 unspecified atom stereocenters. The van der Waals surface area contributed by atoms with E-state index in [1.807, 2.05) is 64.6 Å². The van der Waals surface area contributed by atoms with Crippen molar-refractivity contribution >= 4 is 21.5 Å². The second-order valence-electron chi connectivity index (χ2n) is 23.0. The number of methoxy groups -OCH3 is 2. The average Bonchev–Trinajstić information content (AvgIpc) is 3.79. The zero-order valence-electron chi connectivity index (χ0n) is 47.0. The topological polar surface area (TPSA) is 145 Å². The van der Waals surface area contributed by atoms with E-state index >= 15 is 0 Å². The van der Waals surface area contributed by atoms with Crippen LogP contribution in [0.2, 0.25) is 0 Å². The fourth-order valence-electron chi connectivity index (χ4n) is 10.9. The van der Waals surface area contributed by atoms with Gasteiger partial charge in [-0.15, -0.1) is 0 Å². The highest BCUT2D eigenvalue weighted by Gasteiger charge is 2.34. The van der Waals surface area contributed by atoms with E-state index in [0.29, 0.717) is 51.7 Å². The fraction of sp³-hybridized carbons (Fsp3) is 0.467. The maximum atomic E-state index is 13.0. The number of alkyl halides is 2. The molecule has 6 aromatic rings. The SMILES string of the molecule is COc1ccc(-c2ccc3c(c2)CN(c2nc(CN(C)C)nc4c2CC(C)(C)CC4)CCO3)cc1OC(F)F.COc1ccc(-c2ccc3c(c2)CN(c2nc(CN(C)C)nc4c2CC(C)(C)CC4)CCO3)cc1S(C)(=O)=O. The van der Waals surface area contributed by atoms with Crippen LogP contribution in [0, 0.1) is 10.8 Å². The van der Waals surface area contributed by atoms with Crippen LogP contribution in [0.3, 0.4) is 0 Å². The minimum Gasteiger partial charge on any atom is -0.495 e. The highest BCUT2D eigenvalue weighted by Crippen LogP contribution is 2.43. The first kappa shape index (κ1) is 56.1. The van der Waals surface area contributed by atoms with Crippen LogP contribution in [0.5, 0.6) is 28.7 Å². The molecule has 78 heavy (non-hydrogen) atoms. The Kier molecular flexibility index (Phi) is 16.5. The first-order valence-electron chi connectivity index (χ1n) is 26.6. The molecule has 0 atom stereocenters. The van der Waals surface area contributed by atoms with Gasteiger partial charge in [0.15, 0.2) is 21.3 Å². The number of sulfone groups is 1. The lowest BCUT2D eigenvalue weighted by molar-refractivity contribution is -0.0511. The molecule has 416 valence electrons. The summed E-state index contributed by atoms with van der Waals surface area (Å²) in [5.74, 6) is 5.94. The maximum Gasteiger partial charge on any atom is 0.387 e. The van der Waals surface area contributed by atoms with E-state index in [4.69, 9.17) is 43.6 Å². The number of nitrogens with zero attached hydrogens (tertiary/aromatic N) is 8. The Hall–Kier alpha value is -6.63. The van der Waals surface area contributed by atoms with Crippen molar-refractivity contribution in [2.75, 3.05) is 84.8 Å². The molecule has 0 saturated heterocycles. The number of benzene rings is 4. The van der Waals surface area contributed by atoms with Crippen LogP contribution < -0.4 is 33.5 Å². The predicted molar refractivity (Wildman–Crippen MR) is 300 cm³/mol. The summed E-state index contributed by atoms with van der Waals surface area (Å²) in [5, 5.41) is 0. The smallest absolute Gasteiger partial charge is 0.387 e. The van der Waals surface area contributed by atoms with E-state index in [1.165, 1.54) is 37.3 Å². The summed E-state index contributed by atoms with van der Waals surface area (Å²) < 4.78 is 78.4. The first-order valence-corrected chi connectivity index (χ1v) is 28.5. The van der Waals surface area contributed by atoms with E-state index in [-0.39, 0.29) is 27.2 Å². The van der Waals surface area contributed by atoms with Crippen molar-refractivity contribution < 1.29 is 40.9 Å². The van der Waals surface area contributed by atoms with E-state index in [0.717, 1.165) is 119 Å². The van der Waals surface area contributed by atoms with Gasteiger partial charge in [-0.2, -0.15) is 8.78 Å². The molecule has 0 N–H and O–H groups in total. The number of anilines is 2. The standard InChI is InChI=1S/C30H36F2N4O3.C30H38N4O4S/c1-30(2)11-10-23-22(16-30)28(34-27(33-23)18-35(3)4)36-12-13-38-24-8-6-19(14-21(24)17-36)20-7-9-25(37-5)26(15-20)39-29(31)32;1-30(2)12-11-24-23(17-30)29(32-28(31-24)19-33(3)4)34-13-14-38-25-9-7-20(15-22(25)18-34)21-8-10-26(37-5)27(16-21)39(6,35)36/h6-9,14-15,29H,10-13,16-18H2,1-5H3;7-10,15-16H,11-14,17-19H2,1-6H3. The highest BCUT2D eigenvalue weighted by atomic mass is 32.2. The van der Waals surface area contributed by atoms with Crippen LogP contribution in [0.15, 0.2) is 77.7 Å². The summed E-state index contributed by atoms with van der Waals surface area (Å²) in [6.07, 6.45) is 7.21. The number of aryl methyl sites for hydroxylation is 2. The van der Waals surface area contributed by atoms with Gasteiger partial charge in [0.1, 0.15) is 58.6 Å². The van der Waals surface area contributed by atoms with Crippen molar-refractivity contribution in [3.63, 3.8) is 0 Å². The van der Waals surface area contributed by atoms with Crippen LogP contribution in [0.1, 0.15) is 85.8 Å². The van der Waals surface area contributed by atoms with E-state index in [9.17, 15) is 17.2 Å². The van der Waals surface area contributed by atoms with Gasteiger partial charge in [0, 0.05) is 53.0 Å². The van der Waals surface area contributed by atoms with Gasteiger partial charge in [-0.25, -0.2) is 28.4 Å². The van der Waals surface area contributed by atoms with Crippen molar-refractivity contribution in [1.29, 1.82) is 0 Å². The Morgan fingerprint density at radius 2 is 1.05 bits per heavy atom. The average molecular weight is 1090 g/mol. The fourth-order valence-corrected chi connectivity index (χ4v) is 11.7. The zero-order valence-corrected chi connectivity index (χ0v) is 47.8. The Balaban J connectivity index is 0.000000190. The molecule has 0 radical (unpaired) electrons. The molecule has 0 spiro atoms. The third-order valence-electron chi connectivity index (χ3n) is 14.8. The highest BCUT2D eigenvalue weighted by molar-refractivity contribution is 7.90. The molecule has 0 amide bonds. The molecule has 2 aliphatic carbocycles. The normalized spacial score (nSPS) is 16.6. The van der Waals surface area contributed by atoms with Crippen molar-refractivity contribution in [3.05, 3.63) is 118 Å². The molecule has 2 aliphatic heterocycles. The largest absolute Gasteiger partial charge is 0.495 e. The summed E-state index contributed by atoms with van der Waals surface area (Å²) in [7, 11) is 7.59. The molecule has 0 bridgehead atoms. The zero-order chi connectivity index (χ0) is 55.7. The molecular formula is C60H74F2N8O7S. The Labute approximate surface area is 458 Å². The molecule has 4 aromatic carbocycles. The summed E-state index contributed by atoms with van der Waals surface area (Å²) in [6.45, 7) is 11.4. The lowest BCUT2D eigenvalue weighted by Gasteiger charge is -2.34. The summed E-state index contributed by atoms with van der Waals surface area (Å²) in [5.41, 5.74) is 10.6. The molecule has 10 rings (SSSR count). The van der Waals surface area contributed by atoms with Gasteiger partial charge in [-0.3, -0.25) is 0 Å². The van der Waals surface area contributed by atoms with Crippen molar-refractivity contribution in [2.24, 2.45) is 10.8 Å². The van der Waals surface area contributed by atoms with E-state index < -0.39 is 16.4 Å².